The maximum atomic E-state index is 12.3. The molecule has 0 saturated heterocycles. The Bertz CT molecular complexity index is 990. The van der Waals surface area contributed by atoms with Crippen LogP contribution in [0.25, 0.3) is 0 Å². The Balaban J connectivity index is 1.35. The first-order valence-corrected chi connectivity index (χ1v) is 11.4. The summed E-state index contributed by atoms with van der Waals surface area (Å²) in [5, 5.41) is 2.75. The van der Waals surface area contributed by atoms with Crippen LogP contribution in [-0.4, -0.2) is 39.3 Å². The van der Waals surface area contributed by atoms with Gasteiger partial charge in [0.2, 0.25) is 15.9 Å². The van der Waals surface area contributed by atoms with Crippen LogP contribution < -0.4 is 19.5 Å². The summed E-state index contributed by atoms with van der Waals surface area (Å²) in [5.41, 5.74) is 0.450. The fourth-order valence-electron chi connectivity index (χ4n) is 2.69. The largest absolute Gasteiger partial charge is 0.486 e. The molecule has 4 rings (SSSR count). The highest BCUT2D eigenvalue weighted by atomic mass is 32.2. The molecule has 1 heterocycles. The van der Waals surface area contributed by atoms with E-state index in [1.807, 2.05) is 18.2 Å². The first-order chi connectivity index (χ1) is 13.5. The zero-order chi connectivity index (χ0) is 19.6. The number of ether oxygens (including phenoxy) is 2. The number of nitrogens with one attached hydrogen (secondary N) is 2. The van der Waals surface area contributed by atoms with Crippen molar-refractivity contribution in [3.63, 3.8) is 0 Å². The summed E-state index contributed by atoms with van der Waals surface area (Å²) < 4.78 is 38.3. The molecular weight excluding hydrogens is 400 g/mol. The molecule has 0 aromatic heterocycles. The monoisotopic (exact) mass is 420 g/mol. The van der Waals surface area contributed by atoms with Crippen molar-refractivity contribution in [2.75, 3.05) is 24.3 Å². The molecule has 1 fully saturated rings. The van der Waals surface area contributed by atoms with E-state index in [1.54, 1.807) is 12.1 Å². The fourth-order valence-corrected chi connectivity index (χ4v) is 4.76. The third-order valence-electron chi connectivity index (χ3n) is 4.21. The second-order valence-electron chi connectivity index (χ2n) is 6.57. The van der Waals surface area contributed by atoms with Crippen molar-refractivity contribution in [1.29, 1.82) is 0 Å². The van der Waals surface area contributed by atoms with Gasteiger partial charge in [-0.2, -0.15) is 0 Å². The maximum Gasteiger partial charge on any atom is 0.240 e. The number of fused-ring (bicyclic) bond motifs is 1. The molecule has 1 aliphatic carbocycles. The lowest BCUT2D eigenvalue weighted by atomic mass is 10.3. The van der Waals surface area contributed by atoms with Crippen LogP contribution in [0.1, 0.15) is 12.8 Å². The van der Waals surface area contributed by atoms with E-state index in [-0.39, 0.29) is 22.6 Å². The smallest absolute Gasteiger partial charge is 0.240 e. The number of anilines is 1. The normalized spacial score (nSPS) is 15.9. The van der Waals surface area contributed by atoms with Gasteiger partial charge in [0.05, 0.1) is 10.6 Å². The highest BCUT2D eigenvalue weighted by Gasteiger charge is 2.28. The van der Waals surface area contributed by atoms with Crippen LogP contribution in [0.5, 0.6) is 11.5 Å². The number of hydrogen-bond donors (Lipinski definition) is 2. The minimum Gasteiger partial charge on any atom is -0.486 e. The minimum absolute atomic E-state index is 0.0330. The van der Waals surface area contributed by atoms with Crippen LogP contribution in [-0.2, 0) is 14.8 Å². The average molecular weight is 421 g/mol. The van der Waals surface area contributed by atoms with Crippen molar-refractivity contribution >= 4 is 33.4 Å². The molecule has 2 N–H and O–H groups in total. The number of sulfonamides is 1. The van der Waals surface area contributed by atoms with Gasteiger partial charge >= 0.3 is 0 Å². The quantitative estimate of drug-likeness (QED) is 0.669. The van der Waals surface area contributed by atoms with Crippen LogP contribution in [0.4, 0.5) is 5.69 Å². The van der Waals surface area contributed by atoms with E-state index < -0.39 is 10.0 Å². The Morgan fingerprint density at radius 2 is 1.86 bits per heavy atom. The molecule has 9 heteroatoms. The summed E-state index contributed by atoms with van der Waals surface area (Å²) in [6.45, 7) is 1.04. The van der Waals surface area contributed by atoms with Gasteiger partial charge in [-0.05, 0) is 49.2 Å². The van der Waals surface area contributed by atoms with E-state index in [0.717, 1.165) is 17.7 Å². The summed E-state index contributed by atoms with van der Waals surface area (Å²) in [4.78, 5) is 13.3. The van der Waals surface area contributed by atoms with Gasteiger partial charge in [0.15, 0.2) is 11.5 Å². The Morgan fingerprint density at radius 1 is 1.07 bits per heavy atom. The number of carbonyl (C=O) groups is 1. The van der Waals surface area contributed by atoms with Crippen molar-refractivity contribution in [3.8, 4) is 11.5 Å². The lowest BCUT2D eigenvalue weighted by molar-refractivity contribution is -0.113. The second-order valence-corrected chi connectivity index (χ2v) is 9.33. The lowest BCUT2D eigenvalue weighted by Crippen LogP contribution is -2.25. The zero-order valence-electron chi connectivity index (χ0n) is 15.0. The lowest BCUT2D eigenvalue weighted by Gasteiger charge is -2.18. The fraction of sp³-hybridized carbons (Fsp3) is 0.316. The number of carbonyl (C=O) groups excluding carboxylic acids is 1. The standard InChI is InChI=1S/C19H20N2O5S2/c22-19(12-27-15-6-7-17-18(11-15)26-9-8-25-17)20-14-2-1-3-16(10-14)28(23,24)21-13-4-5-13/h1-3,6-7,10-11,13,21H,4-5,8-9,12H2,(H,20,22). The zero-order valence-corrected chi connectivity index (χ0v) is 16.6. The number of thioether (sulfide) groups is 1. The molecule has 7 nitrogen and oxygen atoms in total. The molecule has 28 heavy (non-hydrogen) atoms. The molecule has 0 atom stereocenters. The Kier molecular flexibility index (Phi) is 5.47. The predicted molar refractivity (Wildman–Crippen MR) is 107 cm³/mol. The van der Waals surface area contributed by atoms with E-state index in [9.17, 15) is 13.2 Å². The van der Waals surface area contributed by atoms with Crippen molar-refractivity contribution in [2.45, 2.75) is 28.7 Å². The molecule has 0 spiro atoms. The summed E-state index contributed by atoms with van der Waals surface area (Å²) in [7, 11) is -3.55. The number of amides is 1. The SMILES string of the molecule is O=C(CSc1ccc2c(c1)OCCO2)Nc1cccc(S(=O)(=O)NC2CC2)c1. The molecule has 2 aromatic carbocycles. The Morgan fingerprint density at radius 3 is 2.64 bits per heavy atom. The summed E-state index contributed by atoms with van der Waals surface area (Å²) in [6, 6.07) is 11.9. The van der Waals surface area contributed by atoms with E-state index in [1.165, 1.54) is 23.9 Å². The van der Waals surface area contributed by atoms with E-state index in [4.69, 9.17) is 9.47 Å². The van der Waals surface area contributed by atoms with Gasteiger partial charge in [-0.3, -0.25) is 4.79 Å². The van der Waals surface area contributed by atoms with Crippen LogP contribution in [0.15, 0.2) is 52.3 Å². The maximum absolute atomic E-state index is 12.3. The van der Waals surface area contributed by atoms with Crippen LogP contribution >= 0.6 is 11.8 Å². The second kappa shape index (κ2) is 8.02. The third-order valence-corrected chi connectivity index (χ3v) is 6.72. The Hall–Kier alpha value is -2.23. The molecule has 148 valence electrons. The van der Waals surface area contributed by atoms with Gasteiger partial charge in [-0.25, -0.2) is 13.1 Å². The van der Waals surface area contributed by atoms with Gasteiger partial charge < -0.3 is 14.8 Å². The van der Waals surface area contributed by atoms with Gasteiger partial charge in [0.25, 0.3) is 0 Å². The highest BCUT2D eigenvalue weighted by Crippen LogP contribution is 2.34. The van der Waals surface area contributed by atoms with Crippen molar-refractivity contribution in [3.05, 3.63) is 42.5 Å². The first-order valence-electron chi connectivity index (χ1n) is 8.94. The molecule has 0 bridgehead atoms. The molecule has 0 radical (unpaired) electrons. The van der Waals surface area contributed by atoms with Gasteiger partial charge in [-0.15, -0.1) is 11.8 Å². The highest BCUT2D eigenvalue weighted by molar-refractivity contribution is 8.00. The van der Waals surface area contributed by atoms with Crippen molar-refractivity contribution in [1.82, 2.24) is 4.72 Å². The average Bonchev–Trinajstić information content (AvgIpc) is 3.50. The molecule has 1 aliphatic heterocycles. The Labute approximate surface area is 167 Å². The number of hydrogen-bond acceptors (Lipinski definition) is 6. The summed E-state index contributed by atoms with van der Waals surface area (Å²) in [6.07, 6.45) is 1.74. The molecular formula is C19H20N2O5S2. The first kappa shape index (κ1) is 19.1. The molecule has 2 aliphatic rings. The van der Waals surface area contributed by atoms with Crippen molar-refractivity contribution in [2.24, 2.45) is 0 Å². The molecule has 1 saturated carbocycles. The number of rotatable bonds is 7. The topological polar surface area (TPSA) is 93.7 Å². The summed E-state index contributed by atoms with van der Waals surface area (Å²) >= 11 is 1.37. The molecule has 0 unspecified atom stereocenters. The summed E-state index contributed by atoms with van der Waals surface area (Å²) in [5.74, 6) is 1.36. The van der Waals surface area contributed by atoms with E-state index >= 15 is 0 Å². The molecule has 1 amide bonds. The van der Waals surface area contributed by atoms with E-state index in [0.29, 0.717) is 30.4 Å². The van der Waals surface area contributed by atoms with Crippen LogP contribution in [0.3, 0.4) is 0 Å². The van der Waals surface area contributed by atoms with Crippen molar-refractivity contribution < 1.29 is 22.7 Å². The van der Waals surface area contributed by atoms with Gasteiger partial charge in [0.1, 0.15) is 13.2 Å². The molecule has 2 aromatic rings. The predicted octanol–water partition coefficient (Wildman–Crippen LogP) is 2.63. The van der Waals surface area contributed by atoms with Gasteiger partial charge in [-0.1, -0.05) is 6.07 Å². The minimum atomic E-state index is -3.55. The van der Waals surface area contributed by atoms with Crippen LogP contribution in [0, 0.1) is 0 Å². The number of benzene rings is 2. The van der Waals surface area contributed by atoms with Gasteiger partial charge in [0, 0.05) is 16.6 Å². The van der Waals surface area contributed by atoms with Crippen LogP contribution in [0.2, 0.25) is 0 Å². The van der Waals surface area contributed by atoms with E-state index in [2.05, 4.69) is 10.0 Å². The third kappa shape index (κ3) is 4.78.